The van der Waals surface area contributed by atoms with Crippen LogP contribution in [-0.2, 0) is 14.2 Å². The fourth-order valence-corrected chi connectivity index (χ4v) is 1.04. The molecule has 6 N–H and O–H groups in total. The van der Waals surface area contributed by atoms with Gasteiger partial charge in [0.2, 0.25) is 5.91 Å². The van der Waals surface area contributed by atoms with Crippen LogP contribution in [0.5, 0.6) is 0 Å². The van der Waals surface area contributed by atoms with Gasteiger partial charge in [-0.15, -0.1) is 0 Å². The largest absolute Gasteiger partial charge is 0.480 e. The first kappa shape index (κ1) is 13.1. The summed E-state index contributed by atoms with van der Waals surface area (Å²) in [6.07, 6.45) is -0.973. The molecule has 0 rings (SSSR count). The van der Waals surface area contributed by atoms with Gasteiger partial charge in [-0.05, 0) is 0 Å². The van der Waals surface area contributed by atoms with E-state index in [0.717, 1.165) is 0 Å². The average molecular weight is 226 g/mol. The molecule has 0 aliphatic carbocycles. The van der Waals surface area contributed by atoms with Crippen LogP contribution in [0, 0.1) is 0 Å². The summed E-state index contributed by atoms with van der Waals surface area (Å²) in [6, 6.07) is -1.28. The van der Waals surface area contributed by atoms with Crippen molar-refractivity contribution in [3.63, 3.8) is 0 Å². The summed E-state index contributed by atoms with van der Waals surface area (Å²) in [5.41, 5.74) is 5.02. The first-order chi connectivity index (χ1) is 6.22. The molecule has 0 radical (unpaired) electrons. The van der Waals surface area contributed by atoms with Crippen molar-refractivity contribution in [1.82, 2.24) is 5.32 Å². The van der Waals surface area contributed by atoms with E-state index in [2.05, 4.69) is 0 Å². The average Bonchev–Trinajstić information content (AvgIpc) is 1.96. The van der Waals surface area contributed by atoms with Crippen molar-refractivity contribution in [1.29, 1.82) is 0 Å². The fourth-order valence-electron chi connectivity index (χ4n) is 0.554. The third-order valence-electron chi connectivity index (χ3n) is 1.19. The Morgan fingerprint density at radius 2 is 1.93 bits per heavy atom. The number of nitrogens with two attached hydrogens (primary N) is 1. The highest BCUT2D eigenvalue weighted by Crippen LogP contribution is 2.33. The quantitative estimate of drug-likeness (QED) is 0.330. The monoisotopic (exact) mass is 226 g/mol. The van der Waals surface area contributed by atoms with Gasteiger partial charge >= 0.3 is 13.6 Å². The normalized spacial score (nSPS) is 13.4. The minimum Gasteiger partial charge on any atom is -0.480 e. The Morgan fingerprint density at radius 1 is 1.43 bits per heavy atom. The highest BCUT2D eigenvalue weighted by molar-refractivity contribution is 7.52. The number of hydrogen-bond acceptors (Lipinski definition) is 4. The van der Waals surface area contributed by atoms with E-state index < -0.39 is 31.7 Å². The zero-order valence-electron chi connectivity index (χ0n) is 7.08. The summed E-state index contributed by atoms with van der Waals surface area (Å²) in [6.45, 7) is -0.367. The van der Waals surface area contributed by atoms with Gasteiger partial charge in [0.05, 0.1) is 0 Å². The number of nitrogens with one attached hydrogen (secondary N) is 1. The second-order valence-corrected chi connectivity index (χ2v) is 4.22. The van der Waals surface area contributed by atoms with Gasteiger partial charge in [0.25, 0.3) is 0 Å². The number of carboxylic acids is 1. The molecular formula is C5H11N2O6P. The number of aliphatic carboxylic acids is 1. The molecule has 0 aromatic carbocycles. The zero-order chi connectivity index (χ0) is 11.4. The number of carbonyl (C=O) groups excluding carboxylic acids is 1. The molecule has 0 saturated heterocycles. The van der Waals surface area contributed by atoms with E-state index in [9.17, 15) is 14.2 Å². The molecule has 0 aromatic heterocycles. The summed E-state index contributed by atoms with van der Waals surface area (Å²) in [4.78, 5) is 37.6. The number of amides is 1. The minimum atomic E-state index is -4.41. The lowest BCUT2D eigenvalue weighted by Gasteiger charge is -2.08. The van der Waals surface area contributed by atoms with Crippen LogP contribution in [0.1, 0.15) is 0 Å². The Labute approximate surface area is 79.3 Å². The summed E-state index contributed by atoms with van der Waals surface area (Å²) in [7, 11) is -4.41. The Kier molecular flexibility index (Phi) is 4.72. The Bertz CT molecular complexity index is 273. The lowest BCUT2D eigenvalue weighted by molar-refractivity contribution is -0.138. The molecule has 14 heavy (non-hydrogen) atoms. The second-order valence-electron chi connectivity index (χ2n) is 2.57. The molecule has 0 aliphatic heterocycles. The molecule has 1 atom stereocenters. The first-order valence-electron chi connectivity index (χ1n) is 3.52. The van der Waals surface area contributed by atoms with E-state index in [0.29, 0.717) is 0 Å². The molecule has 1 amide bonds. The summed E-state index contributed by atoms with van der Waals surface area (Å²) >= 11 is 0. The van der Waals surface area contributed by atoms with E-state index in [1.54, 1.807) is 0 Å². The van der Waals surface area contributed by atoms with Crippen LogP contribution < -0.4 is 11.1 Å². The maximum atomic E-state index is 10.7. The highest BCUT2D eigenvalue weighted by Gasteiger charge is 2.20. The molecule has 0 bridgehead atoms. The second kappa shape index (κ2) is 5.06. The third-order valence-corrected chi connectivity index (χ3v) is 1.89. The third kappa shape index (κ3) is 6.55. The Balaban J connectivity index is 3.87. The maximum absolute atomic E-state index is 10.7. The molecule has 9 heteroatoms. The van der Waals surface area contributed by atoms with E-state index in [1.807, 2.05) is 5.32 Å². The SMILES string of the molecule is NC(CNC(=O)CP(=O)(O)O)C(=O)O. The van der Waals surface area contributed by atoms with Crippen LogP contribution in [-0.4, -0.2) is 45.5 Å². The van der Waals surface area contributed by atoms with Gasteiger partial charge < -0.3 is 25.9 Å². The molecule has 0 fully saturated rings. The summed E-state index contributed by atoms with van der Waals surface area (Å²) < 4.78 is 10.3. The lowest BCUT2D eigenvalue weighted by Crippen LogP contribution is -2.43. The van der Waals surface area contributed by atoms with E-state index >= 15 is 0 Å². The number of hydrogen-bond donors (Lipinski definition) is 5. The molecule has 0 heterocycles. The van der Waals surface area contributed by atoms with Crippen molar-refractivity contribution in [2.75, 3.05) is 12.7 Å². The van der Waals surface area contributed by atoms with Gasteiger partial charge in [0.1, 0.15) is 12.2 Å². The molecular weight excluding hydrogens is 215 g/mol. The fraction of sp³-hybridized carbons (Fsp3) is 0.600. The molecule has 1 unspecified atom stereocenters. The van der Waals surface area contributed by atoms with Gasteiger partial charge in [-0.25, -0.2) is 0 Å². The van der Waals surface area contributed by atoms with Crippen molar-refractivity contribution in [3.8, 4) is 0 Å². The molecule has 0 aliphatic rings. The number of carbonyl (C=O) groups is 2. The Morgan fingerprint density at radius 3 is 2.29 bits per heavy atom. The molecule has 0 spiro atoms. The topological polar surface area (TPSA) is 150 Å². The van der Waals surface area contributed by atoms with Crippen LogP contribution in [0.25, 0.3) is 0 Å². The molecule has 82 valence electrons. The van der Waals surface area contributed by atoms with Crippen molar-refractivity contribution in [2.45, 2.75) is 6.04 Å². The van der Waals surface area contributed by atoms with Gasteiger partial charge in [-0.1, -0.05) is 0 Å². The molecule has 0 aromatic rings. The Hall–Kier alpha value is -0.950. The van der Waals surface area contributed by atoms with E-state index in [-0.39, 0.29) is 6.54 Å². The first-order valence-corrected chi connectivity index (χ1v) is 5.32. The molecule has 0 saturated carbocycles. The van der Waals surface area contributed by atoms with Crippen LogP contribution in [0.15, 0.2) is 0 Å². The van der Waals surface area contributed by atoms with Crippen LogP contribution in [0.4, 0.5) is 0 Å². The maximum Gasteiger partial charge on any atom is 0.334 e. The van der Waals surface area contributed by atoms with Gasteiger partial charge in [-0.3, -0.25) is 14.2 Å². The van der Waals surface area contributed by atoms with E-state index in [1.165, 1.54) is 0 Å². The highest BCUT2D eigenvalue weighted by atomic mass is 31.2. The summed E-state index contributed by atoms with van der Waals surface area (Å²) in [5, 5.41) is 10.3. The zero-order valence-corrected chi connectivity index (χ0v) is 7.98. The van der Waals surface area contributed by atoms with Crippen LogP contribution >= 0.6 is 7.60 Å². The summed E-state index contributed by atoms with van der Waals surface area (Å²) in [5.74, 6) is -2.24. The van der Waals surface area contributed by atoms with Gasteiger partial charge in [-0.2, -0.15) is 0 Å². The van der Waals surface area contributed by atoms with Crippen LogP contribution in [0.3, 0.4) is 0 Å². The standard InChI is InChI=1S/C5H11N2O6P/c6-3(5(9)10)1-7-4(8)2-14(11,12)13/h3H,1-2,6H2,(H,7,8)(H,9,10)(H2,11,12,13). The van der Waals surface area contributed by atoms with E-state index in [4.69, 9.17) is 20.6 Å². The minimum absolute atomic E-state index is 0.367. The van der Waals surface area contributed by atoms with Crippen molar-refractivity contribution >= 4 is 19.5 Å². The van der Waals surface area contributed by atoms with Crippen LogP contribution in [0.2, 0.25) is 0 Å². The smallest absolute Gasteiger partial charge is 0.334 e. The predicted molar refractivity (Wildman–Crippen MR) is 45.5 cm³/mol. The molecule has 8 nitrogen and oxygen atoms in total. The van der Waals surface area contributed by atoms with Crippen molar-refractivity contribution in [3.05, 3.63) is 0 Å². The lowest BCUT2D eigenvalue weighted by atomic mass is 10.3. The number of rotatable bonds is 5. The van der Waals surface area contributed by atoms with Gasteiger partial charge in [0, 0.05) is 6.54 Å². The number of carboxylic acid groups (broad SMARTS) is 1. The van der Waals surface area contributed by atoms with Crippen molar-refractivity contribution in [2.24, 2.45) is 5.73 Å². The van der Waals surface area contributed by atoms with Gasteiger partial charge in [0.15, 0.2) is 0 Å². The predicted octanol–water partition coefficient (Wildman–Crippen LogP) is -2.31. The van der Waals surface area contributed by atoms with Crippen molar-refractivity contribution < 1.29 is 29.0 Å².